The summed E-state index contributed by atoms with van der Waals surface area (Å²) in [5.41, 5.74) is 0.877. The maximum atomic E-state index is 11.7. The molecule has 0 radical (unpaired) electrons. The first-order valence-electron chi connectivity index (χ1n) is 5.41. The van der Waals surface area contributed by atoms with E-state index < -0.39 is 5.97 Å². The van der Waals surface area contributed by atoms with E-state index in [4.69, 9.17) is 5.11 Å². The van der Waals surface area contributed by atoms with Gasteiger partial charge in [0.1, 0.15) is 0 Å². The van der Waals surface area contributed by atoms with Crippen LogP contribution in [0.15, 0.2) is 12.2 Å². The highest BCUT2D eigenvalue weighted by Gasteiger charge is 2.32. The van der Waals surface area contributed by atoms with Crippen LogP contribution in [0.4, 0.5) is 4.79 Å². The van der Waals surface area contributed by atoms with Crippen LogP contribution in [0.2, 0.25) is 0 Å². The van der Waals surface area contributed by atoms with Crippen molar-refractivity contribution >= 4 is 12.0 Å². The third-order valence-corrected chi connectivity index (χ3v) is 2.36. The molecule has 1 aliphatic carbocycles. The first-order chi connectivity index (χ1) is 7.50. The molecule has 5 heteroatoms. The van der Waals surface area contributed by atoms with E-state index in [-0.39, 0.29) is 25.0 Å². The predicted octanol–water partition coefficient (Wildman–Crippen LogP) is 1.21. The molecule has 0 bridgehead atoms. The molecule has 0 unspecified atom stereocenters. The van der Waals surface area contributed by atoms with Crippen LogP contribution in [0.5, 0.6) is 0 Å². The van der Waals surface area contributed by atoms with Gasteiger partial charge in [-0.3, -0.25) is 4.79 Å². The molecule has 90 valence electrons. The number of carbonyl (C=O) groups excluding carboxylic acids is 1. The second-order valence-electron chi connectivity index (χ2n) is 4.18. The number of nitrogens with zero attached hydrogens (tertiary/aromatic N) is 1. The number of carbonyl (C=O) groups is 2. The largest absolute Gasteiger partial charge is 0.481 e. The lowest BCUT2D eigenvalue weighted by molar-refractivity contribution is -0.137. The number of hydrogen-bond donors (Lipinski definition) is 2. The molecule has 16 heavy (non-hydrogen) atoms. The van der Waals surface area contributed by atoms with E-state index in [2.05, 4.69) is 11.9 Å². The molecule has 2 N–H and O–H groups in total. The van der Waals surface area contributed by atoms with Gasteiger partial charge in [-0.05, 0) is 19.8 Å². The molecule has 0 heterocycles. The third kappa shape index (κ3) is 4.33. The average molecular weight is 226 g/mol. The smallest absolute Gasteiger partial charge is 0.317 e. The minimum atomic E-state index is -0.877. The Bertz CT molecular complexity index is 298. The van der Waals surface area contributed by atoms with Gasteiger partial charge in [-0.25, -0.2) is 4.79 Å². The Morgan fingerprint density at radius 3 is 2.56 bits per heavy atom. The maximum Gasteiger partial charge on any atom is 0.317 e. The van der Waals surface area contributed by atoms with Crippen molar-refractivity contribution in [1.29, 1.82) is 0 Å². The molecule has 0 aromatic rings. The molecule has 0 atom stereocenters. The highest BCUT2D eigenvalue weighted by Crippen LogP contribution is 2.26. The van der Waals surface area contributed by atoms with Crippen molar-refractivity contribution in [3.05, 3.63) is 12.2 Å². The van der Waals surface area contributed by atoms with Gasteiger partial charge in [0.25, 0.3) is 0 Å². The fraction of sp³-hybridized carbons (Fsp3) is 0.636. The van der Waals surface area contributed by atoms with Gasteiger partial charge in [-0.2, -0.15) is 0 Å². The zero-order valence-electron chi connectivity index (χ0n) is 9.53. The summed E-state index contributed by atoms with van der Waals surface area (Å²) in [6, 6.07) is 0.0382. The Kier molecular flexibility index (Phi) is 4.34. The summed E-state index contributed by atoms with van der Waals surface area (Å²) < 4.78 is 0. The standard InChI is InChI=1S/C11H18N2O3/c1-8(2)7-12-11(16)13(9-3-4-9)6-5-10(14)15/h9H,1,3-7H2,2H3,(H,12,16)(H,14,15). The second-order valence-corrected chi connectivity index (χ2v) is 4.18. The molecule has 1 rings (SSSR count). The summed E-state index contributed by atoms with van der Waals surface area (Å²) in [7, 11) is 0. The molecule has 1 saturated carbocycles. The molecular formula is C11H18N2O3. The van der Waals surface area contributed by atoms with E-state index in [9.17, 15) is 9.59 Å². The molecule has 5 nitrogen and oxygen atoms in total. The number of amides is 2. The van der Waals surface area contributed by atoms with Gasteiger partial charge in [0, 0.05) is 19.1 Å². The van der Waals surface area contributed by atoms with Crippen molar-refractivity contribution < 1.29 is 14.7 Å². The molecule has 0 spiro atoms. The van der Waals surface area contributed by atoms with Gasteiger partial charge in [0.2, 0.25) is 0 Å². The van der Waals surface area contributed by atoms with Crippen LogP contribution < -0.4 is 5.32 Å². The Hall–Kier alpha value is -1.52. The molecule has 0 aromatic carbocycles. The fourth-order valence-corrected chi connectivity index (χ4v) is 1.38. The minimum absolute atomic E-state index is 0.00298. The lowest BCUT2D eigenvalue weighted by atomic mass is 10.3. The van der Waals surface area contributed by atoms with E-state index in [1.807, 2.05) is 6.92 Å². The lowest BCUT2D eigenvalue weighted by Gasteiger charge is -2.22. The Labute approximate surface area is 95.1 Å². The molecule has 1 fully saturated rings. The van der Waals surface area contributed by atoms with E-state index >= 15 is 0 Å². The summed E-state index contributed by atoms with van der Waals surface area (Å²) in [6.07, 6.45) is 1.94. The SMILES string of the molecule is C=C(C)CNC(=O)N(CCC(=O)O)C1CC1. The quantitative estimate of drug-likeness (QED) is 0.669. The van der Waals surface area contributed by atoms with Crippen LogP contribution >= 0.6 is 0 Å². The number of hydrogen-bond acceptors (Lipinski definition) is 2. The zero-order valence-corrected chi connectivity index (χ0v) is 9.53. The van der Waals surface area contributed by atoms with Crippen molar-refractivity contribution in [3.8, 4) is 0 Å². The molecular weight excluding hydrogens is 208 g/mol. The molecule has 2 amide bonds. The van der Waals surface area contributed by atoms with E-state index in [0.29, 0.717) is 6.54 Å². The monoisotopic (exact) mass is 226 g/mol. The van der Waals surface area contributed by atoms with Gasteiger partial charge in [0.05, 0.1) is 6.42 Å². The Morgan fingerprint density at radius 2 is 2.12 bits per heavy atom. The van der Waals surface area contributed by atoms with Gasteiger partial charge in [-0.1, -0.05) is 12.2 Å². The van der Waals surface area contributed by atoms with Crippen LogP contribution in [0.1, 0.15) is 26.2 Å². The highest BCUT2D eigenvalue weighted by atomic mass is 16.4. The van der Waals surface area contributed by atoms with Crippen molar-refractivity contribution in [1.82, 2.24) is 10.2 Å². The minimum Gasteiger partial charge on any atom is -0.481 e. The lowest BCUT2D eigenvalue weighted by Crippen LogP contribution is -2.42. The van der Waals surface area contributed by atoms with E-state index in [1.165, 1.54) is 0 Å². The number of carboxylic acids is 1. The number of carboxylic acid groups (broad SMARTS) is 1. The highest BCUT2D eigenvalue weighted by molar-refractivity contribution is 5.76. The summed E-state index contributed by atoms with van der Waals surface area (Å²) in [5, 5.41) is 11.3. The molecule has 0 aromatic heterocycles. The fourth-order valence-electron chi connectivity index (χ4n) is 1.38. The number of urea groups is 1. The van der Waals surface area contributed by atoms with Gasteiger partial charge >= 0.3 is 12.0 Å². The zero-order chi connectivity index (χ0) is 12.1. The maximum absolute atomic E-state index is 11.7. The predicted molar refractivity (Wildman–Crippen MR) is 60.2 cm³/mol. The van der Waals surface area contributed by atoms with Crippen LogP contribution in [0, 0.1) is 0 Å². The Morgan fingerprint density at radius 1 is 1.50 bits per heavy atom. The van der Waals surface area contributed by atoms with Crippen LogP contribution in [-0.4, -0.2) is 41.1 Å². The number of nitrogens with one attached hydrogen (secondary N) is 1. The van der Waals surface area contributed by atoms with Gasteiger partial charge in [0.15, 0.2) is 0 Å². The summed E-state index contributed by atoms with van der Waals surface area (Å²) in [6.45, 7) is 6.25. The molecule has 1 aliphatic rings. The van der Waals surface area contributed by atoms with Crippen LogP contribution in [0.25, 0.3) is 0 Å². The normalized spacial score (nSPS) is 14.3. The summed E-state index contributed by atoms with van der Waals surface area (Å²) in [5.74, 6) is -0.877. The van der Waals surface area contributed by atoms with E-state index in [1.54, 1.807) is 4.90 Å². The summed E-state index contributed by atoms with van der Waals surface area (Å²) >= 11 is 0. The van der Waals surface area contributed by atoms with E-state index in [0.717, 1.165) is 18.4 Å². The first kappa shape index (κ1) is 12.5. The number of aliphatic carboxylic acids is 1. The third-order valence-electron chi connectivity index (χ3n) is 2.36. The molecule has 0 saturated heterocycles. The first-order valence-corrected chi connectivity index (χ1v) is 5.41. The van der Waals surface area contributed by atoms with Gasteiger partial charge in [-0.15, -0.1) is 0 Å². The van der Waals surface area contributed by atoms with Crippen LogP contribution in [-0.2, 0) is 4.79 Å². The topological polar surface area (TPSA) is 69.6 Å². The second kappa shape index (κ2) is 5.53. The van der Waals surface area contributed by atoms with Crippen molar-refractivity contribution in [2.75, 3.05) is 13.1 Å². The van der Waals surface area contributed by atoms with Crippen LogP contribution in [0.3, 0.4) is 0 Å². The number of rotatable bonds is 6. The van der Waals surface area contributed by atoms with Crippen molar-refractivity contribution in [3.63, 3.8) is 0 Å². The van der Waals surface area contributed by atoms with Crippen molar-refractivity contribution in [2.45, 2.75) is 32.2 Å². The Balaban J connectivity index is 2.39. The summed E-state index contributed by atoms with van der Waals surface area (Å²) in [4.78, 5) is 23.8. The average Bonchev–Trinajstić information content (AvgIpc) is 2.98. The van der Waals surface area contributed by atoms with Gasteiger partial charge < -0.3 is 15.3 Å². The van der Waals surface area contributed by atoms with Crippen molar-refractivity contribution in [2.24, 2.45) is 0 Å². The molecule has 0 aliphatic heterocycles.